The van der Waals surface area contributed by atoms with Gasteiger partial charge < -0.3 is 10.6 Å². The number of hydrogen-bond donors (Lipinski definition) is 2. The van der Waals surface area contributed by atoms with Crippen molar-refractivity contribution in [3.05, 3.63) is 35.9 Å². The van der Waals surface area contributed by atoms with Crippen molar-refractivity contribution in [2.75, 3.05) is 13.1 Å². The molecule has 1 saturated heterocycles. The summed E-state index contributed by atoms with van der Waals surface area (Å²) < 4.78 is 0. The number of amides is 1. The molecule has 2 unspecified atom stereocenters. The average Bonchev–Trinajstić information content (AvgIpc) is 2.39. The summed E-state index contributed by atoms with van der Waals surface area (Å²) in [4.78, 5) is 11.0. The van der Waals surface area contributed by atoms with E-state index < -0.39 is 0 Å². The molecular weight excluding hydrogens is 212 g/mol. The Morgan fingerprint density at radius 3 is 2.82 bits per heavy atom. The summed E-state index contributed by atoms with van der Waals surface area (Å²) in [6, 6.07) is 10.9. The lowest BCUT2D eigenvalue weighted by atomic mass is 10.00. The van der Waals surface area contributed by atoms with Crippen molar-refractivity contribution in [3.63, 3.8) is 0 Å². The molecule has 1 fully saturated rings. The number of nitrogens with one attached hydrogen (secondary N) is 2. The first kappa shape index (κ1) is 12.1. The van der Waals surface area contributed by atoms with Crippen LogP contribution >= 0.6 is 0 Å². The van der Waals surface area contributed by atoms with Crippen LogP contribution in [0.1, 0.15) is 31.2 Å². The Bertz CT molecular complexity index is 354. The van der Waals surface area contributed by atoms with Crippen molar-refractivity contribution in [1.82, 2.24) is 10.6 Å². The third-order valence-corrected chi connectivity index (χ3v) is 3.35. The number of carbonyl (C=O) groups is 1. The van der Waals surface area contributed by atoms with Crippen LogP contribution in [-0.4, -0.2) is 25.0 Å². The lowest BCUT2D eigenvalue weighted by Gasteiger charge is -2.25. The van der Waals surface area contributed by atoms with E-state index in [2.05, 4.69) is 41.8 Å². The predicted octanol–water partition coefficient (Wildman–Crippen LogP) is 1.66. The maximum absolute atomic E-state index is 11.0. The van der Waals surface area contributed by atoms with E-state index in [1.165, 1.54) is 5.56 Å². The van der Waals surface area contributed by atoms with Crippen molar-refractivity contribution >= 4 is 5.91 Å². The molecule has 0 radical (unpaired) electrons. The van der Waals surface area contributed by atoms with Crippen LogP contribution in [0.5, 0.6) is 0 Å². The van der Waals surface area contributed by atoms with Crippen LogP contribution in [0.3, 0.4) is 0 Å². The number of rotatable bonds is 4. The van der Waals surface area contributed by atoms with Gasteiger partial charge in [-0.1, -0.05) is 37.3 Å². The minimum atomic E-state index is 0.180. The van der Waals surface area contributed by atoms with Crippen LogP contribution in [0.15, 0.2) is 30.3 Å². The van der Waals surface area contributed by atoms with Gasteiger partial charge in [-0.2, -0.15) is 0 Å². The summed E-state index contributed by atoms with van der Waals surface area (Å²) in [6.07, 6.45) is 1.60. The van der Waals surface area contributed by atoms with Crippen molar-refractivity contribution in [3.8, 4) is 0 Å². The Morgan fingerprint density at radius 1 is 1.41 bits per heavy atom. The normalized spacial score (nSPS) is 21.9. The topological polar surface area (TPSA) is 41.1 Å². The molecule has 0 bridgehead atoms. The van der Waals surface area contributed by atoms with Gasteiger partial charge in [0.25, 0.3) is 0 Å². The summed E-state index contributed by atoms with van der Waals surface area (Å²) >= 11 is 0. The highest BCUT2D eigenvalue weighted by Crippen LogP contribution is 2.14. The first-order chi connectivity index (χ1) is 8.25. The Morgan fingerprint density at radius 2 is 2.18 bits per heavy atom. The number of hydrogen-bond acceptors (Lipinski definition) is 2. The molecule has 2 N–H and O–H groups in total. The van der Waals surface area contributed by atoms with E-state index in [-0.39, 0.29) is 5.91 Å². The van der Waals surface area contributed by atoms with Gasteiger partial charge in [0, 0.05) is 25.6 Å². The molecule has 1 amide bonds. The molecule has 1 aliphatic heterocycles. The Kier molecular flexibility index (Phi) is 4.15. The van der Waals surface area contributed by atoms with Crippen LogP contribution in [0.2, 0.25) is 0 Å². The minimum Gasteiger partial charge on any atom is -0.355 e. The van der Waals surface area contributed by atoms with Crippen LogP contribution < -0.4 is 10.6 Å². The molecule has 1 aliphatic rings. The fourth-order valence-electron chi connectivity index (χ4n) is 2.15. The number of benzene rings is 1. The zero-order valence-corrected chi connectivity index (χ0v) is 10.3. The fourth-order valence-corrected chi connectivity index (χ4v) is 2.15. The molecule has 0 saturated carbocycles. The Hall–Kier alpha value is -1.35. The van der Waals surface area contributed by atoms with Crippen molar-refractivity contribution in [2.45, 2.75) is 31.7 Å². The van der Waals surface area contributed by atoms with Gasteiger partial charge in [0.1, 0.15) is 0 Å². The van der Waals surface area contributed by atoms with Crippen LogP contribution in [0.25, 0.3) is 0 Å². The molecular formula is C14H20N2O. The van der Waals surface area contributed by atoms with Gasteiger partial charge >= 0.3 is 0 Å². The molecule has 92 valence electrons. The minimum absolute atomic E-state index is 0.180. The monoisotopic (exact) mass is 232 g/mol. The quantitative estimate of drug-likeness (QED) is 0.829. The molecule has 0 aliphatic carbocycles. The maximum atomic E-state index is 11.0. The van der Waals surface area contributed by atoms with Crippen LogP contribution in [-0.2, 0) is 4.79 Å². The van der Waals surface area contributed by atoms with Crippen LogP contribution in [0, 0.1) is 0 Å². The first-order valence-electron chi connectivity index (χ1n) is 6.30. The van der Waals surface area contributed by atoms with Gasteiger partial charge in [0.2, 0.25) is 5.91 Å². The van der Waals surface area contributed by atoms with E-state index in [9.17, 15) is 4.79 Å². The third-order valence-electron chi connectivity index (χ3n) is 3.35. The smallest absolute Gasteiger partial charge is 0.220 e. The van der Waals surface area contributed by atoms with E-state index >= 15 is 0 Å². The predicted molar refractivity (Wildman–Crippen MR) is 68.9 cm³/mol. The molecule has 1 aromatic rings. The lowest BCUT2D eigenvalue weighted by molar-refractivity contribution is -0.122. The van der Waals surface area contributed by atoms with Crippen LogP contribution in [0.4, 0.5) is 0 Å². The molecule has 3 nitrogen and oxygen atoms in total. The van der Waals surface area contributed by atoms with Crippen molar-refractivity contribution < 1.29 is 4.79 Å². The van der Waals surface area contributed by atoms with Crippen molar-refractivity contribution in [2.24, 2.45) is 0 Å². The second-order valence-electron chi connectivity index (χ2n) is 4.76. The molecule has 2 atom stereocenters. The molecule has 1 aromatic carbocycles. The Balaban J connectivity index is 1.77. The zero-order valence-electron chi connectivity index (χ0n) is 10.3. The third kappa shape index (κ3) is 3.56. The standard InChI is InChI=1S/C14H20N2O/c1-11(12-5-3-2-4-6-12)9-15-13-7-8-14(17)16-10-13/h2-6,11,13,15H,7-10H2,1H3,(H,16,17). The highest BCUT2D eigenvalue weighted by atomic mass is 16.1. The molecule has 0 aromatic heterocycles. The number of carbonyl (C=O) groups excluding carboxylic acids is 1. The summed E-state index contributed by atoms with van der Waals surface area (Å²) in [5.41, 5.74) is 1.36. The molecule has 3 heteroatoms. The van der Waals surface area contributed by atoms with E-state index in [0.717, 1.165) is 19.5 Å². The summed E-state index contributed by atoms with van der Waals surface area (Å²) in [5, 5.41) is 6.42. The molecule has 17 heavy (non-hydrogen) atoms. The highest BCUT2D eigenvalue weighted by Gasteiger charge is 2.17. The summed E-state index contributed by atoms with van der Waals surface area (Å²) in [5.74, 6) is 0.688. The van der Waals surface area contributed by atoms with E-state index in [4.69, 9.17) is 0 Å². The average molecular weight is 232 g/mol. The van der Waals surface area contributed by atoms with Gasteiger partial charge in [-0.3, -0.25) is 4.79 Å². The van der Waals surface area contributed by atoms with Gasteiger partial charge in [-0.15, -0.1) is 0 Å². The number of piperidine rings is 1. The molecule has 1 heterocycles. The maximum Gasteiger partial charge on any atom is 0.220 e. The van der Waals surface area contributed by atoms with Gasteiger partial charge in [0.15, 0.2) is 0 Å². The zero-order chi connectivity index (χ0) is 12.1. The van der Waals surface area contributed by atoms with E-state index in [0.29, 0.717) is 18.4 Å². The Labute approximate surface area is 103 Å². The molecule has 0 spiro atoms. The molecule has 2 rings (SSSR count). The second-order valence-corrected chi connectivity index (χ2v) is 4.76. The summed E-state index contributed by atoms with van der Waals surface area (Å²) in [6.45, 7) is 3.95. The summed E-state index contributed by atoms with van der Waals surface area (Å²) in [7, 11) is 0. The highest BCUT2D eigenvalue weighted by molar-refractivity contribution is 5.76. The van der Waals surface area contributed by atoms with Gasteiger partial charge in [0.05, 0.1) is 0 Å². The lowest BCUT2D eigenvalue weighted by Crippen LogP contribution is -2.46. The van der Waals surface area contributed by atoms with Crippen molar-refractivity contribution in [1.29, 1.82) is 0 Å². The first-order valence-corrected chi connectivity index (χ1v) is 6.30. The van der Waals surface area contributed by atoms with Gasteiger partial charge in [-0.05, 0) is 17.9 Å². The van der Waals surface area contributed by atoms with E-state index in [1.807, 2.05) is 6.07 Å². The van der Waals surface area contributed by atoms with Gasteiger partial charge in [-0.25, -0.2) is 0 Å². The van der Waals surface area contributed by atoms with E-state index in [1.54, 1.807) is 0 Å². The fraction of sp³-hybridized carbons (Fsp3) is 0.500. The second kappa shape index (κ2) is 5.82. The largest absolute Gasteiger partial charge is 0.355 e. The SMILES string of the molecule is CC(CNC1CCC(=O)NC1)c1ccccc1.